The number of oxazole rings is 1. The first-order valence-electron chi connectivity index (χ1n) is 5.48. The van der Waals surface area contributed by atoms with Crippen molar-refractivity contribution in [2.24, 2.45) is 0 Å². The highest BCUT2D eigenvalue weighted by molar-refractivity contribution is 9.08. The molecule has 0 fully saturated rings. The van der Waals surface area contributed by atoms with Crippen molar-refractivity contribution in [2.45, 2.75) is 5.33 Å². The molecule has 3 aromatic rings. The number of nitrogens with zero attached hydrogens (tertiary/aromatic N) is 1. The number of alkyl halides is 1. The Morgan fingerprint density at radius 1 is 1.17 bits per heavy atom. The quantitative estimate of drug-likeness (QED) is 0.618. The van der Waals surface area contributed by atoms with Crippen LogP contribution in [0.3, 0.4) is 0 Å². The summed E-state index contributed by atoms with van der Waals surface area (Å²) in [5.41, 5.74) is 3.54. The maximum absolute atomic E-state index is 6.06. The molecule has 1 aromatic heterocycles. The Bertz CT molecular complexity index is 694. The lowest BCUT2D eigenvalue weighted by Gasteiger charge is -1.96. The van der Waals surface area contributed by atoms with E-state index in [1.54, 1.807) is 0 Å². The SMILES string of the molecule is Clc1cc(CBr)c2oc(-c3ccccc3)nc2c1. The molecule has 0 atom stereocenters. The molecular weight excluding hydrogens is 314 g/mol. The maximum atomic E-state index is 6.06. The zero-order chi connectivity index (χ0) is 12.5. The molecule has 1 heterocycles. The van der Waals surface area contributed by atoms with E-state index < -0.39 is 0 Å². The second-order valence-electron chi connectivity index (χ2n) is 3.93. The van der Waals surface area contributed by atoms with Gasteiger partial charge in [-0.2, -0.15) is 0 Å². The molecule has 90 valence electrons. The third-order valence-electron chi connectivity index (χ3n) is 2.70. The third-order valence-corrected chi connectivity index (χ3v) is 3.52. The van der Waals surface area contributed by atoms with E-state index in [4.69, 9.17) is 16.0 Å². The molecule has 0 N–H and O–H groups in total. The van der Waals surface area contributed by atoms with Crippen molar-refractivity contribution in [1.82, 2.24) is 4.98 Å². The van der Waals surface area contributed by atoms with E-state index in [1.807, 2.05) is 42.5 Å². The Morgan fingerprint density at radius 3 is 2.67 bits per heavy atom. The first kappa shape index (κ1) is 11.8. The van der Waals surface area contributed by atoms with E-state index in [-0.39, 0.29) is 0 Å². The molecule has 0 saturated carbocycles. The summed E-state index contributed by atoms with van der Waals surface area (Å²) < 4.78 is 5.83. The van der Waals surface area contributed by atoms with Gasteiger partial charge >= 0.3 is 0 Å². The van der Waals surface area contributed by atoms with Crippen molar-refractivity contribution in [1.29, 1.82) is 0 Å². The standard InChI is InChI=1S/C14H9BrClNO/c15-8-10-6-11(16)7-12-13(10)18-14(17-12)9-4-2-1-3-5-9/h1-7H,8H2. The second-order valence-corrected chi connectivity index (χ2v) is 4.93. The summed E-state index contributed by atoms with van der Waals surface area (Å²) in [4.78, 5) is 4.48. The molecule has 0 unspecified atom stereocenters. The Labute approximate surface area is 118 Å². The first-order valence-corrected chi connectivity index (χ1v) is 6.98. The van der Waals surface area contributed by atoms with Gasteiger partial charge in [0.05, 0.1) is 0 Å². The van der Waals surface area contributed by atoms with Crippen LogP contribution < -0.4 is 0 Å². The van der Waals surface area contributed by atoms with Gasteiger partial charge in [0.1, 0.15) is 5.52 Å². The predicted octanol–water partition coefficient (Wildman–Crippen LogP) is 5.04. The highest BCUT2D eigenvalue weighted by Crippen LogP contribution is 2.30. The molecule has 0 bridgehead atoms. The van der Waals surface area contributed by atoms with Crippen LogP contribution in [0.25, 0.3) is 22.6 Å². The molecule has 0 aliphatic carbocycles. The monoisotopic (exact) mass is 321 g/mol. The minimum Gasteiger partial charge on any atom is -0.436 e. The molecular formula is C14H9BrClNO. The topological polar surface area (TPSA) is 26.0 Å². The number of hydrogen-bond acceptors (Lipinski definition) is 2. The Kier molecular flexibility index (Phi) is 3.10. The highest BCUT2D eigenvalue weighted by Gasteiger charge is 2.12. The van der Waals surface area contributed by atoms with Crippen molar-refractivity contribution < 1.29 is 4.42 Å². The van der Waals surface area contributed by atoms with Gasteiger partial charge in [0.15, 0.2) is 5.58 Å². The van der Waals surface area contributed by atoms with Gasteiger partial charge in [0, 0.05) is 21.5 Å². The van der Waals surface area contributed by atoms with E-state index in [1.165, 1.54) is 0 Å². The number of rotatable bonds is 2. The van der Waals surface area contributed by atoms with Gasteiger partial charge in [-0.1, -0.05) is 45.7 Å². The van der Waals surface area contributed by atoms with Crippen molar-refractivity contribution in [3.8, 4) is 11.5 Å². The average molecular weight is 323 g/mol. The van der Waals surface area contributed by atoms with Crippen LogP contribution in [0.15, 0.2) is 46.9 Å². The molecule has 2 nitrogen and oxygen atoms in total. The fraction of sp³-hybridized carbons (Fsp3) is 0.0714. The van der Waals surface area contributed by atoms with Crippen LogP contribution in [-0.2, 0) is 5.33 Å². The number of benzene rings is 2. The van der Waals surface area contributed by atoms with Crippen LogP contribution in [0.5, 0.6) is 0 Å². The number of hydrogen-bond donors (Lipinski definition) is 0. The number of halogens is 2. The third kappa shape index (κ3) is 2.04. The van der Waals surface area contributed by atoms with E-state index in [0.717, 1.165) is 22.2 Å². The normalized spacial score (nSPS) is 11.0. The van der Waals surface area contributed by atoms with E-state index in [0.29, 0.717) is 16.2 Å². The zero-order valence-electron chi connectivity index (χ0n) is 9.36. The summed E-state index contributed by atoms with van der Waals surface area (Å²) in [5.74, 6) is 0.620. The van der Waals surface area contributed by atoms with Gasteiger partial charge in [-0.05, 0) is 24.3 Å². The zero-order valence-corrected chi connectivity index (χ0v) is 11.7. The van der Waals surface area contributed by atoms with Crippen molar-refractivity contribution in [3.05, 3.63) is 53.1 Å². The Morgan fingerprint density at radius 2 is 1.94 bits per heavy atom. The summed E-state index contributed by atoms with van der Waals surface area (Å²) >= 11 is 9.49. The summed E-state index contributed by atoms with van der Waals surface area (Å²) in [6, 6.07) is 13.5. The summed E-state index contributed by atoms with van der Waals surface area (Å²) in [6.07, 6.45) is 0. The van der Waals surface area contributed by atoms with Gasteiger partial charge < -0.3 is 4.42 Å². The summed E-state index contributed by atoms with van der Waals surface area (Å²) in [7, 11) is 0. The van der Waals surface area contributed by atoms with Crippen LogP contribution in [0.4, 0.5) is 0 Å². The van der Waals surface area contributed by atoms with Crippen molar-refractivity contribution in [2.75, 3.05) is 0 Å². The fourth-order valence-electron chi connectivity index (χ4n) is 1.87. The molecule has 0 spiro atoms. The molecule has 3 rings (SSSR count). The lowest BCUT2D eigenvalue weighted by Crippen LogP contribution is -1.79. The molecule has 0 amide bonds. The molecule has 0 aliphatic rings. The van der Waals surface area contributed by atoms with Gasteiger partial charge in [-0.25, -0.2) is 4.98 Å². The van der Waals surface area contributed by atoms with E-state index in [9.17, 15) is 0 Å². The number of fused-ring (bicyclic) bond motifs is 1. The largest absolute Gasteiger partial charge is 0.436 e. The van der Waals surface area contributed by atoms with Crippen molar-refractivity contribution >= 4 is 38.6 Å². The van der Waals surface area contributed by atoms with Crippen molar-refractivity contribution in [3.63, 3.8) is 0 Å². The second kappa shape index (κ2) is 4.75. The molecule has 0 aliphatic heterocycles. The Hall–Kier alpha value is -1.32. The molecule has 4 heteroatoms. The van der Waals surface area contributed by atoms with E-state index in [2.05, 4.69) is 20.9 Å². The van der Waals surface area contributed by atoms with Crippen LogP contribution in [0, 0.1) is 0 Å². The lowest BCUT2D eigenvalue weighted by molar-refractivity contribution is 0.617. The first-order chi connectivity index (χ1) is 8.78. The molecule has 2 aromatic carbocycles. The van der Waals surface area contributed by atoms with Crippen LogP contribution >= 0.6 is 27.5 Å². The fourth-order valence-corrected chi connectivity index (χ4v) is 2.52. The minimum atomic E-state index is 0.620. The van der Waals surface area contributed by atoms with Gasteiger partial charge in [-0.3, -0.25) is 0 Å². The number of aromatic nitrogens is 1. The lowest BCUT2D eigenvalue weighted by atomic mass is 10.2. The molecule has 18 heavy (non-hydrogen) atoms. The molecule has 0 radical (unpaired) electrons. The van der Waals surface area contributed by atoms with Crippen LogP contribution in [0.2, 0.25) is 5.02 Å². The maximum Gasteiger partial charge on any atom is 0.227 e. The predicted molar refractivity (Wildman–Crippen MR) is 77.1 cm³/mol. The van der Waals surface area contributed by atoms with Gasteiger partial charge in [0.25, 0.3) is 0 Å². The summed E-state index contributed by atoms with van der Waals surface area (Å²) in [5, 5.41) is 1.36. The highest BCUT2D eigenvalue weighted by atomic mass is 79.9. The van der Waals surface area contributed by atoms with E-state index >= 15 is 0 Å². The van der Waals surface area contributed by atoms with Gasteiger partial charge in [0.2, 0.25) is 5.89 Å². The smallest absolute Gasteiger partial charge is 0.227 e. The summed E-state index contributed by atoms with van der Waals surface area (Å²) in [6.45, 7) is 0. The Balaban J connectivity index is 2.23. The minimum absolute atomic E-state index is 0.620. The van der Waals surface area contributed by atoms with Crippen LogP contribution in [-0.4, -0.2) is 4.98 Å². The average Bonchev–Trinajstić information content (AvgIpc) is 2.82. The van der Waals surface area contributed by atoms with Gasteiger partial charge in [-0.15, -0.1) is 0 Å². The van der Waals surface area contributed by atoms with Crippen LogP contribution in [0.1, 0.15) is 5.56 Å². The molecule has 0 saturated heterocycles.